The van der Waals surface area contributed by atoms with E-state index in [1.54, 1.807) is 0 Å². The summed E-state index contributed by atoms with van der Waals surface area (Å²) in [4.78, 5) is 0. The Morgan fingerprint density at radius 2 is 0.722 bits per heavy atom. The molecule has 3 heteroatoms. The highest BCUT2D eigenvalue weighted by Crippen LogP contribution is 2.13. The zero-order valence-corrected chi connectivity index (χ0v) is 11.1. The van der Waals surface area contributed by atoms with E-state index >= 15 is 0 Å². The normalized spacial score (nSPS) is 7.33. The van der Waals surface area contributed by atoms with E-state index < -0.39 is 0 Å². The van der Waals surface area contributed by atoms with Crippen LogP contribution >= 0.6 is 0 Å². The largest absolute Gasteiger partial charge is 0.508 e. The molecule has 2 aromatic carbocycles. The van der Waals surface area contributed by atoms with Crippen LogP contribution in [0, 0.1) is 0 Å². The van der Waals surface area contributed by atoms with Crippen molar-refractivity contribution in [2.45, 2.75) is 13.8 Å². The molecule has 3 N–H and O–H groups in total. The third-order valence-corrected chi connectivity index (χ3v) is 1.52. The van der Waals surface area contributed by atoms with Gasteiger partial charge in [-0.1, -0.05) is 50.2 Å². The number of phenols is 2. The van der Waals surface area contributed by atoms with E-state index in [-0.39, 0.29) is 11.5 Å². The molecule has 0 saturated carbocycles. The number of phenolic OH excluding ortho intramolecular Hbond substituents is 2. The van der Waals surface area contributed by atoms with Crippen molar-refractivity contribution in [1.29, 1.82) is 0 Å². The Hall–Kier alpha value is -2.00. The fourth-order valence-corrected chi connectivity index (χ4v) is 0.838. The van der Waals surface area contributed by atoms with Gasteiger partial charge in [-0.05, 0) is 24.3 Å². The molecule has 100 valence electrons. The van der Waals surface area contributed by atoms with Crippen molar-refractivity contribution < 1.29 is 15.3 Å². The topological polar surface area (TPSA) is 60.7 Å². The van der Waals surface area contributed by atoms with Crippen LogP contribution in [0.15, 0.2) is 60.7 Å². The van der Waals surface area contributed by atoms with Crippen LogP contribution in [0.1, 0.15) is 13.8 Å². The lowest BCUT2D eigenvalue weighted by Gasteiger charge is -1.88. The van der Waals surface area contributed by atoms with Crippen LogP contribution in [0.2, 0.25) is 0 Å². The Morgan fingerprint density at radius 3 is 0.889 bits per heavy atom. The molecule has 3 nitrogen and oxygen atoms in total. The van der Waals surface area contributed by atoms with Crippen molar-refractivity contribution in [1.82, 2.24) is 0 Å². The Labute approximate surface area is 109 Å². The van der Waals surface area contributed by atoms with Crippen LogP contribution in [0.5, 0.6) is 11.5 Å². The molecular weight excluding hydrogens is 228 g/mol. The van der Waals surface area contributed by atoms with Crippen molar-refractivity contribution in [3.05, 3.63) is 60.7 Å². The van der Waals surface area contributed by atoms with Crippen LogP contribution in [0.25, 0.3) is 0 Å². The Balaban J connectivity index is 0. The molecular formula is C15H22O3. The first kappa shape index (κ1) is 18.4. The summed E-state index contributed by atoms with van der Waals surface area (Å²) in [6.07, 6.45) is 0. The second kappa shape index (κ2) is 15.0. The number of hydrogen-bond donors (Lipinski definition) is 3. The summed E-state index contributed by atoms with van der Waals surface area (Å²) in [5.41, 5.74) is 0. The van der Waals surface area contributed by atoms with Crippen LogP contribution in [-0.2, 0) is 0 Å². The number of aliphatic hydroxyl groups excluding tert-OH is 1. The second-order valence-electron chi connectivity index (χ2n) is 2.67. The van der Waals surface area contributed by atoms with Gasteiger partial charge < -0.3 is 15.3 Å². The summed E-state index contributed by atoms with van der Waals surface area (Å²) >= 11 is 0. The number of benzene rings is 2. The molecule has 0 spiro atoms. The van der Waals surface area contributed by atoms with Gasteiger partial charge in [0.1, 0.15) is 11.5 Å². The minimum atomic E-state index is 0.169. The highest BCUT2D eigenvalue weighted by Gasteiger charge is 1.84. The Kier molecular flexibility index (Phi) is 15.3. The number of hydrogen-bond acceptors (Lipinski definition) is 3. The summed E-state index contributed by atoms with van der Waals surface area (Å²) in [7, 11) is 1.00. The quantitative estimate of drug-likeness (QED) is 0.628. The van der Waals surface area contributed by atoms with Crippen molar-refractivity contribution in [3.63, 3.8) is 0 Å². The fourth-order valence-electron chi connectivity index (χ4n) is 0.838. The SMILES string of the molecule is CC.CO.Oc1ccc(O)cc1.c1ccccc1. The summed E-state index contributed by atoms with van der Waals surface area (Å²) in [6, 6.07) is 17.7. The van der Waals surface area contributed by atoms with Crippen LogP contribution in [0.4, 0.5) is 0 Å². The van der Waals surface area contributed by atoms with Crippen molar-refractivity contribution in [2.24, 2.45) is 0 Å². The molecule has 2 aromatic rings. The maximum atomic E-state index is 8.65. The summed E-state index contributed by atoms with van der Waals surface area (Å²) in [5.74, 6) is 0.339. The minimum absolute atomic E-state index is 0.169. The Bertz CT molecular complexity index is 296. The van der Waals surface area contributed by atoms with E-state index in [0.29, 0.717) is 0 Å². The van der Waals surface area contributed by atoms with E-state index in [4.69, 9.17) is 15.3 Å². The summed E-state index contributed by atoms with van der Waals surface area (Å²) in [6.45, 7) is 4.00. The van der Waals surface area contributed by atoms with E-state index in [0.717, 1.165) is 7.11 Å². The lowest BCUT2D eigenvalue weighted by Crippen LogP contribution is -1.61. The molecule has 0 radical (unpaired) electrons. The molecule has 0 heterocycles. The van der Waals surface area contributed by atoms with Crippen LogP contribution in [-0.4, -0.2) is 22.4 Å². The number of rotatable bonds is 0. The monoisotopic (exact) mass is 250 g/mol. The highest BCUT2D eigenvalue weighted by molar-refractivity contribution is 5.28. The molecule has 0 fully saturated rings. The van der Waals surface area contributed by atoms with E-state index in [2.05, 4.69) is 0 Å². The first-order valence-electron chi connectivity index (χ1n) is 5.72. The third-order valence-electron chi connectivity index (χ3n) is 1.52. The molecule has 2 rings (SSSR count). The van der Waals surface area contributed by atoms with E-state index in [9.17, 15) is 0 Å². The first-order valence-corrected chi connectivity index (χ1v) is 5.72. The molecule has 0 saturated heterocycles. The van der Waals surface area contributed by atoms with Gasteiger partial charge >= 0.3 is 0 Å². The lowest BCUT2D eigenvalue weighted by molar-refractivity contribution is 0.399. The van der Waals surface area contributed by atoms with E-state index in [1.165, 1.54) is 24.3 Å². The standard InChI is InChI=1S/C6H6O2.C6H6.C2H6.CH4O/c7-5-1-2-6(8)4-3-5;1-2-4-6-5-3-1;2*1-2/h1-4,7-8H;1-6H;1-2H3;2H,1H3. The van der Waals surface area contributed by atoms with Crippen molar-refractivity contribution in [3.8, 4) is 11.5 Å². The van der Waals surface area contributed by atoms with Gasteiger partial charge in [0.05, 0.1) is 0 Å². The smallest absolute Gasteiger partial charge is 0.115 e. The Morgan fingerprint density at radius 1 is 0.556 bits per heavy atom. The molecule has 0 aliphatic carbocycles. The first-order chi connectivity index (χ1) is 8.79. The molecule has 0 unspecified atom stereocenters. The number of aliphatic hydroxyl groups is 1. The van der Waals surface area contributed by atoms with Gasteiger partial charge in [-0.25, -0.2) is 0 Å². The maximum Gasteiger partial charge on any atom is 0.115 e. The van der Waals surface area contributed by atoms with E-state index in [1.807, 2.05) is 50.2 Å². The van der Waals surface area contributed by atoms with Gasteiger partial charge in [-0.2, -0.15) is 0 Å². The zero-order chi connectivity index (χ0) is 14.2. The predicted octanol–water partition coefficient (Wildman–Crippen LogP) is 3.42. The zero-order valence-electron chi connectivity index (χ0n) is 11.1. The average Bonchev–Trinajstić information content (AvgIpc) is 2.49. The van der Waals surface area contributed by atoms with Gasteiger partial charge in [0.15, 0.2) is 0 Å². The molecule has 0 amide bonds. The van der Waals surface area contributed by atoms with Gasteiger partial charge in [0.25, 0.3) is 0 Å². The molecule has 0 atom stereocenters. The summed E-state index contributed by atoms with van der Waals surface area (Å²) in [5, 5.41) is 24.3. The van der Waals surface area contributed by atoms with Crippen LogP contribution in [0.3, 0.4) is 0 Å². The van der Waals surface area contributed by atoms with Crippen molar-refractivity contribution >= 4 is 0 Å². The van der Waals surface area contributed by atoms with Gasteiger partial charge in [-0.3, -0.25) is 0 Å². The molecule has 0 aliphatic rings. The maximum absolute atomic E-state index is 8.65. The van der Waals surface area contributed by atoms with Crippen molar-refractivity contribution in [2.75, 3.05) is 7.11 Å². The molecule has 0 aliphatic heterocycles. The summed E-state index contributed by atoms with van der Waals surface area (Å²) < 4.78 is 0. The van der Waals surface area contributed by atoms with Gasteiger partial charge in [0, 0.05) is 7.11 Å². The van der Waals surface area contributed by atoms with Gasteiger partial charge in [-0.15, -0.1) is 0 Å². The van der Waals surface area contributed by atoms with Crippen LogP contribution < -0.4 is 0 Å². The minimum Gasteiger partial charge on any atom is -0.508 e. The molecule has 0 aromatic heterocycles. The second-order valence-corrected chi connectivity index (χ2v) is 2.67. The third kappa shape index (κ3) is 12.1. The molecule has 0 bridgehead atoms. The van der Waals surface area contributed by atoms with Gasteiger partial charge in [0.2, 0.25) is 0 Å². The highest BCUT2D eigenvalue weighted by atomic mass is 16.3. The lowest BCUT2D eigenvalue weighted by atomic mass is 10.3. The average molecular weight is 250 g/mol. The number of aromatic hydroxyl groups is 2. The fraction of sp³-hybridized carbons (Fsp3) is 0.200. The predicted molar refractivity (Wildman–Crippen MR) is 75.7 cm³/mol. The molecule has 18 heavy (non-hydrogen) atoms.